The standard InChI is InChI=1S/C18H28P2.2CH3.Rh/c1-13-9-10-14(2)19(13)17-7-5-6-8-18(17)20-15(3)11-12-16(20)4;;;/h5-8,13-16H,9-12H2,1-4H3;2*1H3;/q;2*-1;+2/p+2/t13-,14-,15-,16-;;;/m1.../s1. The van der Waals surface area contributed by atoms with Crippen LogP contribution in [0.25, 0.3) is 0 Å². The minimum absolute atomic E-state index is 0. The van der Waals surface area contributed by atoms with Crippen molar-refractivity contribution in [2.45, 2.75) is 76.0 Å². The van der Waals surface area contributed by atoms with Gasteiger partial charge in [0.25, 0.3) is 0 Å². The summed E-state index contributed by atoms with van der Waals surface area (Å²) in [4.78, 5) is 0. The van der Waals surface area contributed by atoms with Gasteiger partial charge in [0.15, 0.2) is 0 Å². The summed E-state index contributed by atoms with van der Waals surface area (Å²) < 4.78 is 0. The molecule has 0 bridgehead atoms. The quantitative estimate of drug-likeness (QED) is 0.327. The van der Waals surface area contributed by atoms with Crippen LogP contribution < -0.4 is 10.6 Å². The van der Waals surface area contributed by atoms with Gasteiger partial charge in [-0.2, -0.15) is 0 Å². The molecule has 0 unspecified atom stereocenters. The van der Waals surface area contributed by atoms with Crippen LogP contribution >= 0.6 is 15.8 Å². The molecule has 3 heteroatoms. The zero-order valence-corrected chi connectivity index (χ0v) is 19.4. The summed E-state index contributed by atoms with van der Waals surface area (Å²) in [7, 11) is -0.664. The maximum atomic E-state index is 2.52. The first-order valence-electron chi connectivity index (χ1n) is 8.42. The Labute approximate surface area is 160 Å². The number of hydrogen-bond donors (Lipinski definition) is 0. The van der Waals surface area contributed by atoms with Gasteiger partial charge < -0.3 is 14.9 Å². The Morgan fingerprint density at radius 2 is 0.913 bits per heavy atom. The predicted octanol–water partition coefficient (Wildman–Crippen LogP) is 5.41. The van der Waals surface area contributed by atoms with E-state index < -0.39 is 0 Å². The van der Waals surface area contributed by atoms with Crippen LogP contribution in [0.3, 0.4) is 0 Å². The maximum Gasteiger partial charge on any atom is 2.00 e. The van der Waals surface area contributed by atoms with Crippen LogP contribution in [0.2, 0.25) is 0 Å². The van der Waals surface area contributed by atoms with Crippen LogP contribution in [0.1, 0.15) is 53.4 Å². The van der Waals surface area contributed by atoms with Gasteiger partial charge in [-0.3, -0.25) is 0 Å². The molecule has 0 saturated carbocycles. The normalized spacial score (nSPS) is 31.1. The van der Waals surface area contributed by atoms with Crippen molar-refractivity contribution < 1.29 is 19.5 Å². The summed E-state index contributed by atoms with van der Waals surface area (Å²) in [6, 6.07) is 9.64. The Bertz CT molecular complexity index is 413. The van der Waals surface area contributed by atoms with Gasteiger partial charge in [-0.25, -0.2) is 0 Å². The minimum atomic E-state index is -0.332. The number of hydrogen-bond acceptors (Lipinski definition) is 0. The second-order valence-electron chi connectivity index (χ2n) is 7.22. The molecule has 23 heavy (non-hydrogen) atoms. The van der Waals surface area contributed by atoms with Crippen LogP contribution in [0.4, 0.5) is 0 Å². The van der Waals surface area contributed by atoms with E-state index in [1.807, 2.05) is 10.6 Å². The molecule has 3 rings (SSSR count). The fourth-order valence-electron chi connectivity index (χ4n) is 4.64. The molecular weight excluding hydrogens is 405 g/mol. The summed E-state index contributed by atoms with van der Waals surface area (Å²) in [5.74, 6) is 0. The Hall–Kier alpha value is 0.703. The van der Waals surface area contributed by atoms with Gasteiger partial charge in [0.2, 0.25) is 0 Å². The summed E-state index contributed by atoms with van der Waals surface area (Å²) in [5, 5.41) is 3.67. The second kappa shape index (κ2) is 10.00. The number of benzene rings is 1. The molecule has 0 aromatic heterocycles. The van der Waals surface area contributed by atoms with E-state index >= 15 is 0 Å². The van der Waals surface area contributed by atoms with Crippen molar-refractivity contribution in [2.24, 2.45) is 0 Å². The molecule has 2 aliphatic rings. The molecule has 0 nitrogen and oxygen atoms in total. The molecular formula is C20H36P2Rh+2. The number of rotatable bonds is 2. The van der Waals surface area contributed by atoms with Crippen molar-refractivity contribution in [2.75, 3.05) is 0 Å². The topological polar surface area (TPSA) is 0 Å². The van der Waals surface area contributed by atoms with E-state index in [0.29, 0.717) is 0 Å². The van der Waals surface area contributed by atoms with E-state index in [0.717, 1.165) is 22.6 Å². The third kappa shape index (κ3) is 4.66. The Kier molecular flexibility index (Phi) is 10.3. The maximum absolute atomic E-state index is 2.52. The molecule has 0 aliphatic carbocycles. The second-order valence-corrected chi connectivity index (χ2v) is 14.1. The molecule has 1 radical (unpaired) electrons. The first-order chi connectivity index (χ1) is 9.59. The van der Waals surface area contributed by atoms with Crippen LogP contribution in [-0.2, 0) is 19.5 Å². The van der Waals surface area contributed by atoms with Crippen molar-refractivity contribution in [3.8, 4) is 0 Å². The molecule has 0 N–H and O–H groups in total. The molecule has 1 aromatic carbocycles. The van der Waals surface area contributed by atoms with Gasteiger partial charge in [0.1, 0.15) is 10.6 Å². The Morgan fingerprint density at radius 3 is 1.17 bits per heavy atom. The first-order valence-corrected chi connectivity index (χ1v) is 11.7. The first kappa shape index (κ1) is 23.7. The van der Waals surface area contributed by atoms with Gasteiger partial charge >= 0.3 is 19.5 Å². The zero-order chi connectivity index (χ0) is 14.3. The third-order valence-electron chi connectivity index (χ3n) is 5.74. The van der Waals surface area contributed by atoms with Crippen molar-refractivity contribution in [1.82, 2.24) is 0 Å². The summed E-state index contributed by atoms with van der Waals surface area (Å²) >= 11 is 0. The monoisotopic (exact) mass is 441 g/mol. The molecule has 2 aliphatic heterocycles. The molecule has 0 spiro atoms. The van der Waals surface area contributed by atoms with E-state index in [4.69, 9.17) is 0 Å². The largest absolute Gasteiger partial charge is 2.00 e. The van der Waals surface area contributed by atoms with Crippen molar-refractivity contribution >= 4 is 26.5 Å². The van der Waals surface area contributed by atoms with Crippen LogP contribution in [0, 0.1) is 14.9 Å². The zero-order valence-electron chi connectivity index (χ0n) is 15.8. The van der Waals surface area contributed by atoms with Gasteiger partial charge in [-0.05, 0) is 65.5 Å². The molecule has 1 aromatic rings. The van der Waals surface area contributed by atoms with E-state index in [1.165, 1.54) is 25.7 Å². The molecule has 2 fully saturated rings. The Morgan fingerprint density at radius 1 is 0.652 bits per heavy atom. The average molecular weight is 441 g/mol. The molecule has 2 heterocycles. The summed E-state index contributed by atoms with van der Waals surface area (Å²) in [5.41, 5.74) is 3.91. The van der Waals surface area contributed by atoms with Gasteiger partial charge in [0.05, 0.1) is 22.6 Å². The van der Waals surface area contributed by atoms with E-state index in [1.54, 1.807) is 0 Å². The van der Waals surface area contributed by atoms with E-state index in [9.17, 15) is 0 Å². The Balaban J connectivity index is 0.00000161. The molecule has 0 amide bonds. The summed E-state index contributed by atoms with van der Waals surface area (Å²) in [6.45, 7) is 10.1. The van der Waals surface area contributed by atoms with Crippen molar-refractivity contribution in [3.05, 3.63) is 39.1 Å². The summed E-state index contributed by atoms with van der Waals surface area (Å²) in [6.07, 6.45) is 5.88. The van der Waals surface area contributed by atoms with Gasteiger partial charge in [-0.1, -0.05) is 12.1 Å². The fraction of sp³-hybridized carbons (Fsp3) is 0.600. The smallest absolute Gasteiger partial charge is 0.358 e. The molecule has 4 atom stereocenters. The average Bonchev–Trinajstić information content (AvgIpc) is 2.93. The molecule has 133 valence electrons. The van der Waals surface area contributed by atoms with Crippen molar-refractivity contribution in [1.29, 1.82) is 0 Å². The van der Waals surface area contributed by atoms with Crippen LogP contribution in [0.15, 0.2) is 24.3 Å². The van der Waals surface area contributed by atoms with E-state index in [2.05, 4.69) is 52.0 Å². The van der Waals surface area contributed by atoms with Crippen molar-refractivity contribution in [3.63, 3.8) is 0 Å². The van der Waals surface area contributed by atoms with Crippen LogP contribution in [0.5, 0.6) is 0 Å². The van der Waals surface area contributed by atoms with Gasteiger partial charge in [-0.15, -0.1) is 0 Å². The van der Waals surface area contributed by atoms with Gasteiger partial charge in [0, 0.05) is 15.8 Å². The van der Waals surface area contributed by atoms with E-state index in [-0.39, 0.29) is 50.2 Å². The predicted molar refractivity (Wildman–Crippen MR) is 111 cm³/mol. The fourth-order valence-corrected chi connectivity index (χ4v) is 12.9. The minimum Gasteiger partial charge on any atom is -0.358 e. The SMILES string of the molecule is C[C@@H]1CC[C@@H](C)[PH+]1c1ccccc1[PH+]1[C@H](C)CC[C@H]1C.[CH3-].[CH3-].[Rh+2]. The van der Waals surface area contributed by atoms with Crippen LogP contribution in [-0.4, -0.2) is 22.6 Å². The third-order valence-corrected chi connectivity index (χ3v) is 13.5. The molecule has 2 saturated heterocycles.